The smallest absolute Gasteiger partial charge is 0.293 e. The van der Waals surface area contributed by atoms with Crippen molar-refractivity contribution in [2.45, 2.75) is 6.92 Å². The van der Waals surface area contributed by atoms with Gasteiger partial charge in [-0.05, 0) is 36.8 Å². The topological polar surface area (TPSA) is 85.2 Å². The molecule has 0 N–H and O–H groups in total. The Balaban J connectivity index is 1.66. The molecule has 1 heterocycles. The maximum Gasteiger partial charge on any atom is 0.293 e. The Hall–Kier alpha value is -3.13. The van der Waals surface area contributed by atoms with E-state index in [4.69, 9.17) is 9.47 Å². The van der Waals surface area contributed by atoms with Crippen LogP contribution in [0, 0.1) is 17.0 Å². The number of likely N-dealkylation sites (N-methyl/N-ethyl adjacent to an activating group) is 1. The predicted octanol–water partition coefficient (Wildman–Crippen LogP) is 2.89. The first kappa shape index (κ1) is 20.6. The number of morpholine rings is 1. The fraction of sp³-hybridized carbons (Fsp3) is 0.381. The van der Waals surface area contributed by atoms with Crippen molar-refractivity contribution in [3.05, 3.63) is 63.7 Å². The van der Waals surface area contributed by atoms with Crippen molar-refractivity contribution >= 4 is 17.3 Å². The lowest BCUT2D eigenvalue weighted by atomic mass is 10.1. The van der Waals surface area contributed by atoms with Crippen LogP contribution in [0.25, 0.3) is 0 Å². The Labute approximate surface area is 169 Å². The van der Waals surface area contributed by atoms with E-state index in [1.807, 2.05) is 36.1 Å². The van der Waals surface area contributed by atoms with E-state index >= 15 is 0 Å². The number of hydrogen-bond acceptors (Lipinski definition) is 6. The van der Waals surface area contributed by atoms with Crippen LogP contribution in [0.1, 0.15) is 15.9 Å². The van der Waals surface area contributed by atoms with Crippen LogP contribution in [0.2, 0.25) is 0 Å². The second-order valence-electron chi connectivity index (χ2n) is 6.95. The third-order valence-electron chi connectivity index (χ3n) is 4.80. The molecule has 1 amide bonds. The van der Waals surface area contributed by atoms with Gasteiger partial charge < -0.3 is 19.3 Å². The molecule has 8 nitrogen and oxygen atoms in total. The summed E-state index contributed by atoms with van der Waals surface area (Å²) in [7, 11) is 1.66. The summed E-state index contributed by atoms with van der Waals surface area (Å²) in [6.07, 6.45) is 0. The average molecular weight is 399 g/mol. The van der Waals surface area contributed by atoms with Crippen molar-refractivity contribution in [1.82, 2.24) is 4.90 Å². The minimum absolute atomic E-state index is 0.0674. The summed E-state index contributed by atoms with van der Waals surface area (Å²) in [5, 5.41) is 11.6. The fourth-order valence-electron chi connectivity index (χ4n) is 3.20. The lowest BCUT2D eigenvalue weighted by molar-refractivity contribution is -0.384. The molecule has 0 radical (unpaired) electrons. The monoisotopic (exact) mass is 399 g/mol. The van der Waals surface area contributed by atoms with Crippen molar-refractivity contribution in [3.8, 4) is 5.75 Å². The molecule has 0 bridgehead atoms. The zero-order valence-electron chi connectivity index (χ0n) is 16.7. The number of hydrogen-bond donors (Lipinski definition) is 0. The average Bonchev–Trinajstić information content (AvgIpc) is 2.73. The first-order valence-corrected chi connectivity index (χ1v) is 9.52. The lowest BCUT2D eigenvalue weighted by Gasteiger charge is -2.28. The van der Waals surface area contributed by atoms with E-state index in [0.29, 0.717) is 45.1 Å². The van der Waals surface area contributed by atoms with Crippen LogP contribution in [0.15, 0.2) is 42.5 Å². The van der Waals surface area contributed by atoms with Gasteiger partial charge in [0.2, 0.25) is 0 Å². The molecule has 1 fully saturated rings. The molecule has 8 heteroatoms. The molecule has 0 atom stereocenters. The highest BCUT2D eigenvalue weighted by Crippen LogP contribution is 2.30. The fourth-order valence-corrected chi connectivity index (χ4v) is 3.20. The number of nitrogens with zero attached hydrogens (tertiary/aromatic N) is 3. The molecule has 1 aliphatic heterocycles. The van der Waals surface area contributed by atoms with Crippen LogP contribution in [0.4, 0.5) is 11.4 Å². The zero-order valence-corrected chi connectivity index (χ0v) is 16.7. The van der Waals surface area contributed by atoms with Gasteiger partial charge in [-0.25, -0.2) is 0 Å². The first-order chi connectivity index (χ1) is 14.0. The van der Waals surface area contributed by atoms with Crippen molar-refractivity contribution in [2.24, 2.45) is 0 Å². The van der Waals surface area contributed by atoms with E-state index in [1.165, 1.54) is 11.0 Å². The second-order valence-corrected chi connectivity index (χ2v) is 6.95. The van der Waals surface area contributed by atoms with Crippen molar-refractivity contribution in [1.29, 1.82) is 0 Å². The van der Waals surface area contributed by atoms with Gasteiger partial charge >= 0.3 is 0 Å². The molecule has 0 aromatic heterocycles. The van der Waals surface area contributed by atoms with Gasteiger partial charge in [0, 0.05) is 31.8 Å². The molecule has 2 aromatic carbocycles. The summed E-state index contributed by atoms with van der Waals surface area (Å²) in [5.41, 5.74) is 1.83. The highest BCUT2D eigenvalue weighted by atomic mass is 16.6. The highest BCUT2D eigenvalue weighted by Gasteiger charge is 2.24. The Bertz CT molecular complexity index is 880. The van der Waals surface area contributed by atoms with Crippen LogP contribution >= 0.6 is 0 Å². The van der Waals surface area contributed by atoms with Crippen LogP contribution in [0.5, 0.6) is 5.75 Å². The number of amides is 1. The van der Waals surface area contributed by atoms with Gasteiger partial charge in [0.15, 0.2) is 0 Å². The van der Waals surface area contributed by atoms with E-state index < -0.39 is 4.92 Å². The molecule has 0 saturated carbocycles. The van der Waals surface area contributed by atoms with E-state index in [0.717, 1.165) is 11.3 Å². The molecule has 3 rings (SSSR count). The summed E-state index contributed by atoms with van der Waals surface area (Å²) in [6.45, 7) is 4.92. The largest absolute Gasteiger partial charge is 0.492 e. The SMILES string of the molecule is Cc1cccc(OCCN(C)C(=O)c2ccc(N3CCOCC3)c([N+](=O)[O-])c2)c1. The molecule has 0 spiro atoms. The van der Waals surface area contributed by atoms with E-state index in [1.54, 1.807) is 19.2 Å². The molecule has 154 valence electrons. The third kappa shape index (κ3) is 5.23. The number of carbonyl (C=O) groups excluding carboxylic acids is 1. The van der Waals surface area contributed by atoms with Gasteiger partial charge in [-0.1, -0.05) is 12.1 Å². The number of nitro benzene ring substituents is 1. The van der Waals surface area contributed by atoms with Gasteiger partial charge in [-0.3, -0.25) is 14.9 Å². The predicted molar refractivity (Wildman–Crippen MR) is 110 cm³/mol. The molecule has 29 heavy (non-hydrogen) atoms. The molecular formula is C21H25N3O5. The van der Waals surface area contributed by atoms with Gasteiger partial charge in [0.05, 0.1) is 24.7 Å². The number of benzene rings is 2. The minimum Gasteiger partial charge on any atom is -0.492 e. The van der Waals surface area contributed by atoms with Crippen LogP contribution < -0.4 is 9.64 Å². The molecular weight excluding hydrogens is 374 g/mol. The summed E-state index contributed by atoms with van der Waals surface area (Å²) < 4.78 is 11.0. The van der Waals surface area contributed by atoms with Crippen molar-refractivity contribution in [3.63, 3.8) is 0 Å². The number of rotatable bonds is 7. The quantitative estimate of drug-likeness (QED) is 0.526. The Morgan fingerprint density at radius 1 is 1.24 bits per heavy atom. The Morgan fingerprint density at radius 2 is 2.00 bits per heavy atom. The van der Waals surface area contributed by atoms with Crippen LogP contribution in [-0.2, 0) is 4.74 Å². The van der Waals surface area contributed by atoms with Gasteiger partial charge in [0.1, 0.15) is 18.0 Å². The first-order valence-electron chi connectivity index (χ1n) is 9.52. The van der Waals surface area contributed by atoms with E-state index in [2.05, 4.69) is 0 Å². The van der Waals surface area contributed by atoms with Crippen molar-refractivity contribution < 1.29 is 19.2 Å². The minimum atomic E-state index is -0.442. The van der Waals surface area contributed by atoms with Crippen LogP contribution in [-0.4, -0.2) is 62.2 Å². The molecule has 1 aliphatic rings. The maximum atomic E-state index is 12.7. The second kappa shape index (κ2) is 9.38. The van der Waals surface area contributed by atoms with E-state index in [-0.39, 0.29) is 17.2 Å². The molecule has 0 unspecified atom stereocenters. The Morgan fingerprint density at radius 3 is 2.69 bits per heavy atom. The van der Waals surface area contributed by atoms with Gasteiger partial charge in [-0.2, -0.15) is 0 Å². The number of anilines is 1. The maximum absolute atomic E-state index is 12.7. The zero-order chi connectivity index (χ0) is 20.8. The van der Waals surface area contributed by atoms with Crippen molar-refractivity contribution in [2.75, 3.05) is 51.4 Å². The lowest BCUT2D eigenvalue weighted by Crippen LogP contribution is -2.36. The molecule has 1 saturated heterocycles. The molecule has 2 aromatic rings. The standard InChI is InChI=1S/C21H25N3O5/c1-16-4-3-5-18(14-16)29-13-8-22(2)21(25)17-6-7-19(20(15-17)24(26)27)23-9-11-28-12-10-23/h3-7,14-15H,8-13H2,1-2H3. The summed E-state index contributed by atoms with van der Waals surface area (Å²) in [4.78, 5) is 27.3. The number of aryl methyl sites for hydroxylation is 1. The summed E-state index contributed by atoms with van der Waals surface area (Å²) in [6, 6.07) is 12.3. The molecule has 0 aliphatic carbocycles. The summed E-state index contributed by atoms with van der Waals surface area (Å²) in [5.74, 6) is 0.464. The Kier molecular flexibility index (Phi) is 6.66. The van der Waals surface area contributed by atoms with Gasteiger partial charge in [0.25, 0.3) is 11.6 Å². The van der Waals surface area contributed by atoms with Crippen LogP contribution in [0.3, 0.4) is 0 Å². The number of ether oxygens (including phenoxy) is 2. The van der Waals surface area contributed by atoms with E-state index in [9.17, 15) is 14.9 Å². The third-order valence-corrected chi connectivity index (χ3v) is 4.80. The number of nitro groups is 1. The highest BCUT2D eigenvalue weighted by molar-refractivity contribution is 5.95. The normalized spacial score (nSPS) is 13.8. The summed E-state index contributed by atoms with van der Waals surface area (Å²) >= 11 is 0. The van der Waals surface area contributed by atoms with Gasteiger partial charge in [-0.15, -0.1) is 0 Å². The number of carbonyl (C=O) groups is 1.